The van der Waals surface area contributed by atoms with Crippen LogP contribution in [0.4, 0.5) is 11.4 Å². The van der Waals surface area contributed by atoms with Gasteiger partial charge in [0.1, 0.15) is 0 Å². The van der Waals surface area contributed by atoms with Gasteiger partial charge in [-0.05, 0) is 44.9 Å². The predicted octanol–water partition coefficient (Wildman–Crippen LogP) is 4.93. The highest BCUT2D eigenvalue weighted by Gasteiger charge is 2.23. The largest absolute Gasteiger partial charge is 0.376 e. The molecule has 0 radical (unpaired) electrons. The number of aryl methyl sites for hydroxylation is 1. The van der Waals surface area contributed by atoms with Crippen LogP contribution in [0.5, 0.6) is 0 Å². The number of carbonyl (C=O) groups excluding carboxylic acids is 1. The van der Waals surface area contributed by atoms with E-state index in [1.54, 1.807) is 0 Å². The van der Waals surface area contributed by atoms with Crippen molar-refractivity contribution in [2.24, 2.45) is 0 Å². The van der Waals surface area contributed by atoms with Gasteiger partial charge in [-0.2, -0.15) is 0 Å². The first-order valence-corrected chi connectivity index (χ1v) is 9.25. The molecule has 2 aromatic rings. The van der Waals surface area contributed by atoms with Gasteiger partial charge in [0.25, 0.3) is 5.91 Å². The molecule has 134 valence electrons. The predicted molar refractivity (Wildman–Crippen MR) is 105 cm³/mol. The summed E-state index contributed by atoms with van der Waals surface area (Å²) >= 11 is 0. The standard InChI is InChI=1S/C21H29N3O/c1-15-14-18(16(2)24(15)17-10-6-5-7-11-17)21(25)22-19-12-8-9-13-20(19)23(3)4/h8-9,12-14,17H,5-7,10-11H2,1-4H3,(H,22,25). The molecule has 0 spiro atoms. The number of hydrogen-bond donors (Lipinski definition) is 1. The highest BCUT2D eigenvalue weighted by molar-refractivity contribution is 6.06. The van der Waals surface area contributed by atoms with Crippen molar-refractivity contribution >= 4 is 17.3 Å². The minimum atomic E-state index is -0.0236. The second-order valence-corrected chi connectivity index (χ2v) is 7.31. The Hall–Kier alpha value is -2.23. The Morgan fingerprint density at radius 1 is 1.12 bits per heavy atom. The van der Waals surface area contributed by atoms with E-state index in [0.29, 0.717) is 6.04 Å². The quantitative estimate of drug-likeness (QED) is 0.857. The van der Waals surface area contributed by atoms with Crippen molar-refractivity contribution in [1.82, 2.24) is 4.57 Å². The highest BCUT2D eigenvalue weighted by Crippen LogP contribution is 2.32. The molecule has 0 unspecified atom stereocenters. The van der Waals surface area contributed by atoms with Crippen LogP contribution in [0, 0.1) is 13.8 Å². The average Bonchev–Trinajstić information content (AvgIpc) is 2.90. The summed E-state index contributed by atoms with van der Waals surface area (Å²) in [5, 5.41) is 3.10. The van der Waals surface area contributed by atoms with Crippen LogP contribution in [0.15, 0.2) is 30.3 Å². The fraction of sp³-hybridized carbons (Fsp3) is 0.476. The van der Waals surface area contributed by atoms with Crippen molar-refractivity contribution in [2.75, 3.05) is 24.3 Å². The molecule has 0 bridgehead atoms. The molecule has 4 heteroatoms. The summed E-state index contributed by atoms with van der Waals surface area (Å²) in [6, 6.07) is 10.5. The van der Waals surface area contributed by atoms with Gasteiger partial charge in [-0.25, -0.2) is 0 Å². The minimum Gasteiger partial charge on any atom is -0.376 e. The van der Waals surface area contributed by atoms with Crippen LogP contribution in [0.25, 0.3) is 0 Å². The van der Waals surface area contributed by atoms with Crippen molar-refractivity contribution in [3.8, 4) is 0 Å². The van der Waals surface area contributed by atoms with Gasteiger partial charge in [0.15, 0.2) is 0 Å². The van der Waals surface area contributed by atoms with Crippen LogP contribution in [-0.2, 0) is 0 Å². The third kappa shape index (κ3) is 3.58. The molecule has 1 fully saturated rings. The van der Waals surface area contributed by atoms with Crippen molar-refractivity contribution in [3.63, 3.8) is 0 Å². The lowest BCUT2D eigenvalue weighted by Crippen LogP contribution is -2.18. The number of nitrogens with zero attached hydrogens (tertiary/aromatic N) is 2. The molecular weight excluding hydrogens is 310 g/mol. The maximum absolute atomic E-state index is 12.9. The van der Waals surface area contributed by atoms with Gasteiger partial charge >= 0.3 is 0 Å². The van der Waals surface area contributed by atoms with E-state index in [-0.39, 0.29) is 5.91 Å². The van der Waals surface area contributed by atoms with Crippen molar-refractivity contribution in [2.45, 2.75) is 52.0 Å². The van der Waals surface area contributed by atoms with E-state index >= 15 is 0 Å². The van der Waals surface area contributed by atoms with Crippen LogP contribution < -0.4 is 10.2 Å². The number of nitrogens with one attached hydrogen (secondary N) is 1. The number of carbonyl (C=O) groups is 1. The fourth-order valence-corrected chi connectivity index (χ4v) is 4.07. The summed E-state index contributed by atoms with van der Waals surface area (Å²) in [6.07, 6.45) is 6.37. The summed E-state index contributed by atoms with van der Waals surface area (Å²) in [5.41, 5.74) is 4.92. The SMILES string of the molecule is Cc1cc(C(=O)Nc2ccccc2N(C)C)c(C)n1C1CCCCC1. The van der Waals surface area contributed by atoms with E-state index in [2.05, 4.69) is 23.7 Å². The van der Waals surface area contributed by atoms with Crippen molar-refractivity contribution < 1.29 is 4.79 Å². The van der Waals surface area contributed by atoms with Gasteiger partial charge in [0.05, 0.1) is 16.9 Å². The minimum absolute atomic E-state index is 0.0236. The van der Waals surface area contributed by atoms with E-state index in [0.717, 1.165) is 22.6 Å². The molecule has 1 aromatic carbocycles. The van der Waals surface area contributed by atoms with Crippen LogP contribution in [0.1, 0.15) is 59.9 Å². The molecule has 1 aliphatic carbocycles. The molecule has 25 heavy (non-hydrogen) atoms. The Kier molecular flexibility index (Phi) is 5.16. The maximum Gasteiger partial charge on any atom is 0.257 e. The van der Waals surface area contributed by atoms with Crippen LogP contribution in [0.3, 0.4) is 0 Å². The lowest BCUT2D eigenvalue weighted by molar-refractivity contribution is 0.102. The first kappa shape index (κ1) is 17.6. The number of aromatic nitrogens is 1. The molecule has 1 aliphatic rings. The zero-order chi connectivity index (χ0) is 18.0. The number of hydrogen-bond acceptors (Lipinski definition) is 2. The number of benzene rings is 1. The van der Waals surface area contributed by atoms with Gasteiger partial charge in [0, 0.05) is 31.5 Å². The van der Waals surface area contributed by atoms with Crippen molar-refractivity contribution in [1.29, 1.82) is 0 Å². The molecule has 4 nitrogen and oxygen atoms in total. The van der Waals surface area contributed by atoms with E-state index in [1.807, 2.05) is 49.3 Å². The van der Waals surface area contributed by atoms with E-state index in [1.165, 1.54) is 37.8 Å². The smallest absolute Gasteiger partial charge is 0.257 e. The normalized spacial score (nSPS) is 15.2. The number of anilines is 2. The van der Waals surface area contributed by atoms with Crippen molar-refractivity contribution in [3.05, 3.63) is 47.3 Å². The Morgan fingerprint density at radius 3 is 2.48 bits per heavy atom. The van der Waals surface area contributed by atoms with Crippen LogP contribution in [-0.4, -0.2) is 24.6 Å². The number of para-hydroxylation sites is 2. The zero-order valence-electron chi connectivity index (χ0n) is 15.8. The summed E-state index contributed by atoms with van der Waals surface area (Å²) in [5.74, 6) is -0.0236. The highest BCUT2D eigenvalue weighted by atomic mass is 16.1. The molecule has 1 heterocycles. The van der Waals surface area contributed by atoms with E-state index in [4.69, 9.17) is 0 Å². The van der Waals surface area contributed by atoms with Gasteiger partial charge in [-0.15, -0.1) is 0 Å². The third-order valence-electron chi connectivity index (χ3n) is 5.30. The van der Waals surface area contributed by atoms with Gasteiger partial charge in [0.2, 0.25) is 0 Å². The Labute approximate surface area is 150 Å². The Morgan fingerprint density at radius 2 is 1.80 bits per heavy atom. The van der Waals surface area contributed by atoms with Crippen LogP contribution in [0.2, 0.25) is 0 Å². The number of amides is 1. The average molecular weight is 339 g/mol. The monoisotopic (exact) mass is 339 g/mol. The van der Waals surface area contributed by atoms with E-state index in [9.17, 15) is 4.79 Å². The molecule has 1 saturated carbocycles. The summed E-state index contributed by atoms with van der Waals surface area (Å²) in [4.78, 5) is 14.9. The first-order chi connectivity index (χ1) is 12.0. The number of rotatable bonds is 4. The van der Waals surface area contributed by atoms with Gasteiger partial charge in [-0.1, -0.05) is 31.4 Å². The molecule has 0 aliphatic heterocycles. The molecule has 1 N–H and O–H groups in total. The van der Waals surface area contributed by atoms with Gasteiger partial charge < -0.3 is 14.8 Å². The Balaban J connectivity index is 1.86. The molecular formula is C21H29N3O. The maximum atomic E-state index is 12.9. The first-order valence-electron chi connectivity index (χ1n) is 9.25. The Bertz CT molecular complexity index is 754. The topological polar surface area (TPSA) is 37.3 Å². The molecule has 0 atom stereocenters. The summed E-state index contributed by atoms with van der Waals surface area (Å²) in [6.45, 7) is 4.19. The lowest BCUT2D eigenvalue weighted by Gasteiger charge is -2.26. The zero-order valence-corrected chi connectivity index (χ0v) is 15.8. The second kappa shape index (κ2) is 7.34. The van der Waals surface area contributed by atoms with Gasteiger partial charge in [-0.3, -0.25) is 4.79 Å². The fourth-order valence-electron chi connectivity index (χ4n) is 4.07. The molecule has 0 saturated heterocycles. The molecule has 1 aromatic heterocycles. The summed E-state index contributed by atoms with van der Waals surface area (Å²) < 4.78 is 2.38. The van der Waals surface area contributed by atoms with Crippen LogP contribution >= 0.6 is 0 Å². The summed E-state index contributed by atoms with van der Waals surface area (Å²) in [7, 11) is 3.97. The molecule has 3 rings (SSSR count). The third-order valence-corrected chi connectivity index (χ3v) is 5.30. The lowest BCUT2D eigenvalue weighted by atomic mass is 9.95. The second-order valence-electron chi connectivity index (χ2n) is 7.31. The molecule has 1 amide bonds. The van der Waals surface area contributed by atoms with E-state index < -0.39 is 0 Å².